The van der Waals surface area contributed by atoms with Crippen LogP contribution in [0.3, 0.4) is 0 Å². The fraction of sp³-hybridized carbons (Fsp3) is 0.235. The zero-order valence-corrected chi connectivity index (χ0v) is 13.5. The molecule has 0 bridgehead atoms. The minimum Gasteiger partial charge on any atom is -0.399 e. The molecule has 2 aromatic heterocycles. The summed E-state index contributed by atoms with van der Waals surface area (Å²) in [5.41, 5.74) is 11.4. The SMILES string of the molecule is CCc1c[nH]c2ncc(-c3cc(N)cc(P(C)C)c3)cc12. The van der Waals surface area contributed by atoms with Gasteiger partial charge in [0.2, 0.25) is 0 Å². The van der Waals surface area contributed by atoms with E-state index in [2.05, 4.69) is 48.4 Å². The van der Waals surface area contributed by atoms with Crippen molar-refractivity contribution >= 4 is 29.9 Å². The van der Waals surface area contributed by atoms with Gasteiger partial charge in [0.25, 0.3) is 0 Å². The van der Waals surface area contributed by atoms with Crippen molar-refractivity contribution in [3.05, 3.63) is 42.2 Å². The van der Waals surface area contributed by atoms with Crippen molar-refractivity contribution in [2.75, 3.05) is 19.1 Å². The maximum absolute atomic E-state index is 6.07. The molecule has 108 valence electrons. The lowest BCUT2D eigenvalue weighted by Gasteiger charge is -2.11. The van der Waals surface area contributed by atoms with Crippen LogP contribution in [0.4, 0.5) is 5.69 Å². The van der Waals surface area contributed by atoms with E-state index >= 15 is 0 Å². The summed E-state index contributed by atoms with van der Waals surface area (Å²) in [5.74, 6) is 0. The Balaban J connectivity index is 2.15. The number of rotatable bonds is 3. The Bertz CT molecular complexity index is 790. The van der Waals surface area contributed by atoms with E-state index in [1.807, 2.05) is 18.5 Å². The Hall–Kier alpha value is -1.86. The third kappa shape index (κ3) is 2.66. The van der Waals surface area contributed by atoms with Gasteiger partial charge in [-0.15, -0.1) is 0 Å². The lowest BCUT2D eigenvalue weighted by atomic mass is 10.0. The number of nitrogen functional groups attached to an aromatic ring is 1. The number of fused-ring (bicyclic) bond motifs is 1. The molecule has 0 aliphatic rings. The first-order valence-corrected chi connectivity index (χ1v) is 9.36. The quantitative estimate of drug-likeness (QED) is 0.571. The molecule has 0 unspecified atom stereocenters. The van der Waals surface area contributed by atoms with Crippen molar-refractivity contribution in [3.63, 3.8) is 0 Å². The van der Waals surface area contributed by atoms with Crippen molar-refractivity contribution in [1.29, 1.82) is 0 Å². The molecule has 0 radical (unpaired) electrons. The Morgan fingerprint density at radius 1 is 1.14 bits per heavy atom. The van der Waals surface area contributed by atoms with Crippen LogP contribution in [-0.2, 0) is 6.42 Å². The van der Waals surface area contributed by atoms with Crippen LogP contribution >= 0.6 is 7.92 Å². The number of benzene rings is 1. The van der Waals surface area contributed by atoms with Gasteiger partial charge in [-0.05, 0) is 60.4 Å². The van der Waals surface area contributed by atoms with E-state index in [9.17, 15) is 0 Å². The van der Waals surface area contributed by atoms with Gasteiger partial charge in [-0.3, -0.25) is 0 Å². The van der Waals surface area contributed by atoms with Crippen molar-refractivity contribution in [2.24, 2.45) is 0 Å². The highest BCUT2D eigenvalue weighted by molar-refractivity contribution is 7.64. The van der Waals surface area contributed by atoms with Crippen LogP contribution in [0.5, 0.6) is 0 Å². The topological polar surface area (TPSA) is 54.7 Å². The van der Waals surface area contributed by atoms with E-state index in [0.717, 1.165) is 28.9 Å². The molecule has 0 saturated heterocycles. The predicted molar refractivity (Wildman–Crippen MR) is 93.7 cm³/mol. The number of H-pyrrole nitrogens is 1. The average molecular weight is 297 g/mol. The van der Waals surface area contributed by atoms with Gasteiger partial charge in [-0.1, -0.05) is 14.8 Å². The summed E-state index contributed by atoms with van der Waals surface area (Å²) in [7, 11) is -0.160. The molecule has 0 saturated carbocycles. The van der Waals surface area contributed by atoms with Gasteiger partial charge in [-0.2, -0.15) is 0 Å². The molecule has 3 N–H and O–H groups in total. The monoisotopic (exact) mass is 297 g/mol. The van der Waals surface area contributed by atoms with E-state index in [1.54, 1.807) is 0 Å². The molecule has 0 amide bonds. The molecule has 3 rings (SSSR count). The molecular formula is C17H20N3P. The van der Waals surface area contributed by atoms with E-state index in [1.165, 1.54) is 16.3 Å². The molecule has 0 aliphatic heterocycles. The summed E-state index contributed by atoms with van der Waals surface area (Å²) in [6, 6.07) is 8.56. The molecule has 21 heavy (non-hydrogen) atoms. The fourth-order valence-corrected chi connectivity index (χ4v) is 3.37. The van der Waals surface area contributed by atoms with E-state index in [4.69, 9.17) is 5.73 Å². The maximum atomic E-state index is 6.07. The average Bonchev–Trinajstić information content (AvgIpc) is 2.88. The molecule has 1 aromatic carbocycles. The summed E-state index contributed by atoms with van der Waals surface area (Å²) < 4.78 is 0. The Morgan fingerprint density at radius 3 is 2.67 bits per heavy atom. The van der Waals surface area contributed by atoms with Gasteiger partial charge < -0.3 is 10.7 Å². The number of hydrogen-bond acceptors (Lipinski definition) is 2. The van der Waals surface area contributed by atoms with Crippen molar-refractivity contribution in [2.45, 2.75) is 13.3 Å². The first-order chi connectivity index (χ1) is 10.1. The highest BCUT2D eigenvalue weighted by Gasteiger charge is 2.08. The minimum atomic E-state index is -0.160. The second-order valence-electron chi connectivity index (χ2n) is 5.50. The third-order valence-electron chi connectivity index (χ3n) is 3.79. The molecule has 4 heteroatoms. The lowest BCUT2D eigenvalue weighted by Crippen LogP contribution is -2.02. The van der Waals surface area contributed by atoms with Crippen LogP contribution in [0.2, 0.25) is 0 Å². The smallest absolute Gasteiger partial charge is 0.137 e. The minimum absolute atomic E-state index is 0.160. The molecule has 3 nitrogen and oxygen atoms in total. The number of pyridine rings is 1. The molecule has 2 heterocycles. The second kappa shape index (κ2) is 5.50. The first kappa shape index (κ1) is 14.1. The number of nitrogens with two attached hydrogens (primary N) is 1. The predicted octanol–water partition coefficient (Wildman–Crippen LogP) is 3.74. The lowest BCUT2D eigenvalue weighted by molar-refractivity contribution is 1.15. The third-order valence-corrected chi connectivity index (χ3v) is 5.08. The van der Waals surface area contributed by atoms with Crippen LogP contribution in [0.15, 0.2) is 36.7 Å². The molecule has 0 aliphatic carbocycles. The second-order valence-corrected chi connectivity index (χ2v) is 7.80. The first-order valence-electron chi connectivity index (χ1n) is 7.12. The van der Waals surface area contributed by atoms with Gasteiger partial charge in [0.1, 0.15) is 5.65 Å². The zero-order valence-electron chi connectivity index (χ0n) is 12.6. The number of nitrogens with zero attached hydrogens (tertiary/aromatic N) is 1. The number of aromatic nitrogens is 2. The van der Waals surface area contributed by atoms with E-state index < -0.39 is 0 Å². The summed E-state index contributed by atoms with van der Waals surface area (Å²) in [5, 5.41) is 2.53. The highest BCUT2D eigenvalue weighted by Crippen LogP contribution is 2.30. The van der Waals surface area contributed by atoms with Crippen LogP contribution < -0.4 is 11.0 Å². The number of hydrogen-bond donors (Lipinski definition) is 2. The molecule has 0 fully saturated rings. The van der Waals surface area contributed by atoms with E-state index in [-0.39, 0.29) is 7.92 Å². The zero-order chi connectivity index (χ0) is 15.0. The van der Waals surface area contributed by atoms with Crippen molar-refractivity contribution < 1.29 is 0 Å². The fourth-order valence-electron chi connectivity index (χ4n) is 2.57. The van der Waals surface area contributed by atoms with Crippen molar-refractivity contribution in [1.82, 2.24) is 9.97 Å². The normalized spacial score (nSPS) is 11.4. The standard InChI is InChI=1S/C17H20N3P/c1-4-11-9-19-17-16(11)7-13(10-20-17)12-5-14(18)8-15(6-12)21(2)3/h5-10H,4,18H2,1-3H3,(H,19,20). The van der Waals surface area contributed by atoms with Gasteiger partial charge >= 0.3 is 0 Å². The molecular weight excluding hydrogens is 277 g/mol. The molecule has 0 atom stereocenters. The summed E-state index contributed by atoms with van der Waals surface area (Å²) in [6.45, 7) is 6.66. The number of aryl methyl sites for hydroxylation is 1. The van der Waals surface area contributed by atoms with Gasteiger partial charge in [0, 0.05) is 29.0 Å². The summed E-state index contributed by atoms with van der Waals surface area (Å²) in [4.78, 5) is 7.77. The number of anilines is 1. The van der Waals surface area contributed by atoms with Gasteiger partial charge in [0.05, 0.1) is 0 Å². The van der Waals surface area contributed by atoms with Crippen LogP contribution in [0.25, 0.3) is 22.2 Å². The largest absolute Gasteiger partial charge is 0.399 e. The van der Waals surface area contributed by atoms with E-state index in [0.29, 0.717) is 0 Å². The number of aromatic amines is 1. The van der Waals surface area contributed by atoms with Gasteiger partial charge in [-0.25, -0.2) is 4.98 Å². The highest BCUT2D eigenvalue weighted by atomic mass is 31.1. The summed E-state index contributed by atoms with van der Waals surface area (Å²) in [6.07, 6.45) is 4.97. The van der Waals surface area contributed by atoms with Crippen LogP contribution in [0, 0.1) is 0 Å². The Kier molecular flexibility index (Phi) is 3.69. The van der Waals surface area contributed by atoms with Crippen molar-refractivity contribution in [3.8, 4) is 11.1 Å². The molecule has 0 spiro atoms. The maximum Gasteiger partial charge on any atom is 0.137 e. The summed E-state index contributed by atoms with van der Waals surface area (Å²) >= 11 is 0. The molecule has 3 aromatic rings. The van der Waals surface area contributed by atoms with Gasteiger partial charge in [0.15, 0.2) is 0 Å². The van der Waals surface area contributed by atoms with Crippen LogP contribution in [-0.4, -0.2) is 23.3 Å². The Morgan fingerprint density at radius 2 is 1.95 bits per heavy atom. The number of nitrogens with one attached hydrogen (secondary N) is 1. The Labute approximate surface area is 126 Å². The van der Waals surface area contributed by atoms with Crippen LogP contribution in [0.1, 0.15) is 12.5 Å².